The molecule has 1 aliphatic heterocycles. The minimum absolute atomic E-state index is 0.00653. The number of cyclic esters (lactones) is 1. The van der Waals surface area contributed by atoms with E-state index in [-0.39, 0.29) is 29.9 Å². The standard InChI is InChI=1S/C28H23ClF6N2O5/c1-14-25(16-10-17(27(30,31)32)12-18(11-16)28(33,34)35)42-26(39)37(14)13-21-19(5-7-23(29)36-21)20-8-15(9-24(38)41-3)4-6-22(20)40-2/h4-8,10-12,14,25H,9,13H2,1-3H3/t14-,25-/m0/s1. The molecular weight excluding hydrogens is 594 g/mol. The van der Waals surface area contributed by atoms with Crippen LogP contribution in [0, 0.1) is 0 Å². The molecule has 2 heterocycles. The second-order valence-electron chi connectivity index (χ2n) is 9.43. The largest absolute Gasteiger partial charge is 0.496 e. The third-order valence-corrected chi connectivity index (χ3v) is 6.93. The molecule has 7 nitrogen and oxygen atoms in total. The van der Waals surface area contributed by atoms with Crippen molar-refractivity contribution in [3.05, 3.63) is 81.6 Å². The third-order valence-electron chi connectivity index (χ3n) is 6.72. The first-order valence-corrected chi connectivity index (χ1v) is 12.7. The van der Waals surface area contributed by atoms with Gasteiger partial charge < -0.3 is 14.2 Å². The summed E-state index contributed by atoms with van der Waals surface area (Å²) >= 11 is 6.15. The number of benzene rings is 2. The number of hydrogen-bond donors (Lipinski definition) is 0. The molecule has 2 atom stereocenters. The van der Waals surface area contributed by atoms with Gasteiger partial charge in [-0.3, -0.25) is 9.69 Å². The third kappa shape index (κ3) is 6.56. The molecule has 0 saturated carbocycles. The van der Waals surface area contributed by atoms with E-state index in [0.717, 1.165) is 4.90 Å². The Bertz CT molecular complexity index is 1480. The molecule has 224 valence electrons. The van der Waals surface area contributed by atoms with Gasteiger partial charge in [-0.2, -0.15) is 26.3 Å². The lowest BCUT2D eigenvalue weighted by molar-refractivity contribution is -0.143. The number of pyridine rings is 1. The Morgan fingerprint density at radius 1 is 0.976 bits per heavy atom. The molecule has 0 unspecified atom stereocenters. The van der Waals surface area contributed by atoms with Crippen LogP contribution in [0.1, 0.15) is 41.0 Å². The predicted octanol–water partition coefficient (Wildman–Crippen LogP) is 7.25. The first kappa shape index (κ1) is 30.9. The summed E-state index contributed by atoms with van der Waals surface area (Å²) in [4.78, 5) is 30.2. The van der Waals surface area contributed by atoms with E-state index in [9.17, 15) is 35.9 Å². The molecule has 0 radical (unpaired) electrons. The number of carbonyl (C=O) groups is 2. The number of hydrogen-bond acceptors (Lipinski definition) is 6. The van der Waals surface area contributed by atoms with Crippen LogP contribution in [0.2, 0.25) is 5.15 Å². The highest BCUT2D eigenvalue weighted by atomic mass is 35.5. The molecule has 1 aliphatic rings. The molecule has 1 saturated heterocycles. The summed E-state index contributed by atoms with van der Waals surface area (Å²) in [7, 11) is 2.68. The van der Waals surface area contributed by atoms with E-state index >= 15 is 0 Å². The average Bonchev–Trinajstić information content (AvgIpc) is 3.20. The SMILES string of the molecule is COC(=O)Cc1ccc(OC)c(-c2ccc(Cl)nc2CN2C(=O)O[C@H](c3cc(C(F)(F)F)cc(C(F)(F)F)c3)[C@@H]2C)c1. The van der Waals surface area contributed by atoms with Gasteiger partial charge in [0.1, 0.15) is 17.0 Å². The summed E-state index contributed by atoms with van der Waals surface area (Å²) < 4.78 is 96.1. The van der Waals surface area contributed by atoms with Crippen molar-refractivity contribution in [2.24, 2.45) is 0 Å². The van der Waals surface area contributed by atoms with E-state index in [2.05, 4.69) is 4.98 Å². The molecule has 1 fully saturated rings. The van der Waals surface area contributed by atoms with E-state index in [1.165, 1.54) is 27.2 Å². The maximum atomic E-state index is 13.4. The highest BCUT2D eigenvalue weighted by molar-refractivity contribution is 6.29. The summed E-state index contributed by atoms with van der Waals surface area (Å²) in [5.74, 6) is -0.0870. The fourth-order valence-corrected chi connectivity index (χ4v) is 4.78. The van der Waals surface area contributed by atoms with E-state index in [4.69, 9.17) is 25.8 Å². The van der Waals surface area contributed by atoms with Crippen molar-refractivity contribution in [3.8, 4) is 16.9 Å². The van der Waals surface area contributed by atoms with Gasteiger partial charge in [0.25, 0.3) is 0 Å². The highest BCUT2D eigenvalue weighted by Gasteiger charge is 2.43. The number of halogens is 7. The van der Waals surface area contributed by atoms with Crippen LogP contribution in [-0.4, -0.2) is 42.2 Å². The van der Waals surface area contributed by atoms with Crippen LogP contribution in [0.3, 0.4) is 0 Å². The first-order chi connectivity index (χ1) is 19.6. The minimum atomic E-state index is -5.07. The Labute approximate surface area is 240 Å². The van der Waals surface area contributed by atoms with Crippen LogP contribution >= 0.6 is 11.6 Å². The van der Waals surface area contributed by atoms with Gasteiger partial charge in [0.15, 0.2) is 0 Å². The molecule has 0 bridgehead atoms. The second kappa shape index (κ2) is 11.7. The molecule has 0 aliphatic carbocycles. The van der Waals surface area contributed by atoms with Crippen LogP contribution in [0.25, 0.3) is 11.1 Å². The zero-order valence-corrected chi connectivity index (χ0v) is 23.0. The molecule has 3 aromatic rings. The number of alkyl halides is 6. The zero-order chi connectivity index (χ0) is 31.0. The predicted molar refractivity (Wildman–Crippen MR) is 138 cm³/mol. The lowest BCUT2D eigenvalue weighted by Crippen LogP contribution is -2.32. The van der Waals surface area contributed by atoms with Gasteiger partial charge >= 0.3 is 24.4 Å². The van der Waals surface area contributed by atoms with E-state index in [0.29, 0.717) is 34.6 Å². The number of carbonyl (C=O) groups excluding carboxylic acids is 2. The number of rotatable bonds is 7. The maximum Gasteiger partial charge on any atom is 0.416 e. The van der Waals surface area contributed by atoms with Gasteiger partial charge in [0.05, 0.1) is 50.0 Å². The van der Waals surface area contributed by atoms with Gasteiger partial charge in [-0.15, -0.1) is 0 Å². The summed E-state index contributed by atoms with van der Waals surface area (Å²) in [5, 5.41) is 0.0582. The summed E-state index contributed by atoms with van der Waals surface area (Å²) in [6.45, 7) is 1.17. The van der Waals surface area contributed by atoms with E-state index < -0.39 is 53.3 Å². The number of ether oxygens (including phenoxy) is 3. The molecular formula is C28H23ClF6N2O5. The van der Waals surface area contributed by atoms with Crippen molar-refractivity contribution in [1.29, 1.82) is 0 Å². The van der Waals surface area contributed by atoms with Crippen molar-refractivity contribution in [2.75, 3.05) is 14.2 Å². The molecule has 0 N–H and O–H groups in total. The topological polar surface area (TPSA) is 78.0 Å². The Balaban J connectivity index is 1.72. The molecule has 0 spiro atoms. The van der Waals surface area contributed by atoms with Crippen molar-refractivity contribution >= 4 is 23.7 Å². The minimum Gasteiger partial charge on any atom is -0.496 e. The van der Waals surface area contributed by atoms with Crippen molar-refractivity contribution < 1.29 is 50.1 Å². The van der Waals surface area contributed by atoms with E-state index in [1.54, 1.807) is 24.3 Å². The number of nitrogens with zero attached hydrogens (tertiary/aromatic N) is 2. The summed E-state index contributed by atoms with van der Waals surface area (Å²) in [6, 6.07) is 8.13. The maximum absolute atomic E-state index is 13.4. The van der Waals surface area contributed by atoms with Gasteiger partial charge in [0.2, 0.25) is 0 Å². The Morgan fingerprint density at radius 2 is 1.62 bits per heavy atom. The average molecular weight is 617 g/mol. The first-order valence-electron chi connectivity index (χ1n) is 12.3. The molecule has 42 heavy (non-hydrogen) atoms. The number of amides is 1. The summed E-state index contributed by atoms with van der Waals surface area (Å²) in [5.41, 5.74) is -1.75. The quantitative estimate of drug-likeness (QED) is 0.158. The normalized spacial score (nSPS) is 17.3. The van der Waals surface area contributed by atoms with Crippen molar-refractivity contribution in [1.82, 2.24) is 9.88 Å². The highest BCUT2D eigenvalue weighted by Crippen LogP contribution is 2.42. The van der Waals surface area contributed by atoms with Crippen LogP contribution < -0.4 is 4.74 Å². The zero-order valence-electron chi connectivity index (χ0n) is 22.3. The van der Waals surface area contributed by atoms with Crippen molar-refractivity contribution in [3.63, 3.8) is 0 Å². The fraction of sp³-hybridized carbons (Fsp3) is 0.321. The number of aromatic nitrogens is 1. The van der Waals surface area contributed by atoms with Gasteiger partial charge in [-0.25, -0.2) is 9.78 Å². The summed E-state index contributed by atoms with van der Waals surface area (Å²) in [6.07, 6.45) is -12.6. The molecule has 14 heteroatoms. The van der Waals surface area contributed by atoms with Crippen LogP contribution in [0.15, 0.2) is 48.5 Å². The lowest BCUT2D eigenvalue weighted by Gasteiger charge is -2.23. The molecule has 1 aromatic heterocycles. The number of esters is 1. The molecule has 1 amide bonds. The molecule has 4 rings (SSSR count). The Hall–Kier alpha value is -4.00. The van der Waals surface area contributed by atoms with Gasteiger partial charge in [-0.05, 0) is 60.5 Å². The van der Waals surface area contributed by atoms with Crippen LogP contribution in [0.5, 0.6) is 5.75 Å². The Morgan fingerprint density at radius 3 is 2.19 bits per heavy atom. The fourth-order valence-electron chi connectivity index (χ4n) is 4.62. The van der Waals surface area contributed by atoms with Crippen LogP contribution in [0.4, 0.5) is 31.1 Å². The molecule has 2 aromatic carbocycles. The smallest absolute Gasteiger partial charge is 0.416 e. The second-order valence-corrected chi connectivity index (χ2v) is 9.82. The lowest BCUT2D eigenvalue weighted by atomic mass is 9.96. The van der Waals surface area contributed by atoms with Gasteiger partial charge in [0, 0.05) is 11.1 Å². The van der Waals surface area contributed by atoms with E-state index in [1.807, 2.05) is 0 Å². The van der Waals surface area contributed by atoms with Crippen molar-refractivity contribution in [2.45, 2.75) is 44.4 Å². The van der Waals surface area contributed by atoms with Gasteiger partial charge in [-0.1, -0.05) is 17.7 Å². The number of methoxy groups -OCH3 is 2. The monoisotopic (exact) mass is 616 g/mol. The van der Waals surface area contributed by atoms with Crippen LogP contribution in [-0.2, 0) is 39.6 Å². The Kier molecular flexibility index (Phi) is 8.63.